The summed E-state index contributed by atoms with van der Waals surface area (Å²) in [6.45, 7) is 0.703. The summed E-state index contributed by atoms with van der Waals surface area (Å²) < 4.78 is 0. The fourth-order valence-electron chi connectivity index (χ4n) is 5.62. The van der Waals surface area contributed by atoms with E-state index in [2.05, 4.69) is 21.3 Å². The Hall–Kier alpha value is -1.79. The molecule has 4 aliphatic rings. The van der Waals surface area contributed by atoms with Crippen LogP contribution in [0, 0.1) is 23.2 Å². The van der Waals surface area contributed by atoms with Crippen molar-refractivity contribution in [3.05, 3.63) is 0 Å². The lowest BCUT2D eigenvalue weighted by Gasteiger charge is -2.56. The number of hydrogen-bond acceptors (Lipinski definition) is 3. The third kappa shape index (κ3) is 4.64. The number of carbonyl (C=O) groups excluding carboxylic acids is 3. The third-order valence-corrected chi connectivity index (χ3v) is 6.11. The molecule has 140 valence electrons. The van der Waals surface area contributed by atoms with E-state index in [0.29, 0.717) is 19.5 Å². The largest absolute Gasteiger partial charge is 0.353 e. The van der Waals surface area contributed by atoms with Gasteiger partial charge in [-0.2, -0.15) is 0 Å². The molecule has 7 nitrogen and oxygen atoms in total. The molecule has 4 rings (SSSR count). The van der Waals surface area contributed by atoms with Gasteiger partial charge in [-0.1, -0.05) is 0 Å². The number of hydrogen-bond donors (Lipinski definition) is 4. The maximum atomic E-state index is 12.3. The molecule has 4 fully saturated rings. The van der Waals surface area contributed by atoms with E-state index in [1.165, 1.54) is 45.6 Å². The van der Waals surface area contributed by atoms with E-state index in [-0.39, 0.29) is 29.8 Å². The Kier molecular flexibility index (Phi) is 5.49. The van der Waals surface area contributed by atoms with Crippen LogP contribution in [0.25, 0.3) is 0 Å². The summed E-state index contributed by atoms with van der Waals surface area (Å²) in [5.74, 6) is 2.26. The van der Waals surface area contributed by atoms with Crippen LogP contribution >= 0.6 is 0 Å². The summed E-state index contributed by atoms with van der Waals surface area (Å²) in [5, 5.41) is 10.5. The summed E-state index contributed by atoms with van der Waals surface area (Å²) in [6.07, 6.45) is 8.27. The Bertz CT molecular complexity index is 499. The Labute approximate surface area is 149 Å². The molecule has 0 heterocycles. The summed E-state index contributed by atoms with van der Waals surface area (Å²) in [4.78, 5) is 35.1. The molecule has 0 aromatic rings. The lowest BCUT2D eigenvalue weighted by atomic mass is 9.49. The highest BCUT2D eigenvalue weighted by Gasteiger charge is 2.51. The van der Waals surface area contributed by atoms with Crippen molar-refractivity contribution in [2.75, 3.05) is 26.7 Å². The molecule has 0 saturated heterocycles. The first-order valence-electron chi connectivity index (χ1n) is 9.47. The minimum Gasteiger partial charge on any atom is -0.353 e. The van der Waals surface area contributed by atoms with Gasteiger partial charge < -0.3 is 21.3 Å². The van der Waals surface area contributed by atoms with Crippen LogP contribution in [-0.4, -0.2) is 44.5 Å². The van der Waals surface area contributed by atoms with Gasteiger partial charge in [0.25, 0.3) is 0 Å². The van der Waals surface area contributed by atoms with Gasteiger partial charge in [0.2, 0.25) is 11.8 Å². The molecule has 0 aromatic carbocycles. The van der Waals surface area contributed by atoms with Crippen molar-refractivity contribution in [1.29, 1.82) is 0 Å². The normalized spacial score (nSPS) is 32.1. The Morgan fingerprint density at radius 1 is 0.840 bits per heavy atom. The van der Waals surface area contributed by atoms with Crippen LogP contribution in [0.1, 0.15) is 44.9 Å². The third-order valence-electron chi connectivity index (χ3n) is 6.11. The van der Waals surface area contributed by atoms with Crippen LogP contribution in [0.15, 0.2) is 0 Å². The monoisotopic (exact) mass is 350 g/mol. The highest BCUT2D eigenvalue weighted by Crippen LogP contribution is 2.61. The minimum atomic E-state index is -0.280. The van der Waals surface area contributed by atoms with Crippen molar-refractivity contribution in [2.45, 2.75) is 44.9 Å². The maximum Gasteiger partial charge on any atom is 0.314 e. The quantitative estimate of drug-likeness (QED) is 0.510. The van der Waals surface area contributed by atoms with Crippen LogP contribution in [-0.2, 0) is 9.59 Å². The lowest BCUT2D eigenvalue weighted by molar-refractivity contribution is -0.131. The zero-order chi connectivity index (χ0) is 17.9. The molecule has 25 heavy (non-hydrogen) atoms. The van der Waals surface area contributed by atoms with E-state index in [0.717, 1.165) is 17.8 Å². The summed E-state index contributed by atoms with van der Waals surface area (Å²) in [6, 6.07) is -0.280. The average molecular weight is 350 g/mol. The molecule has 0 aromatic heterocycles. The first kappa shape index (κ1) is 18.0. The van der Waals surface area contributed by atoms with E-state index >= 15 is 0 Å². The Balaban J connectivity index is 1.34. The molecule has 4 amide bonds. The predicted octanol–water partition coefficient (Wildman–Crippen LogP) is 0.754. The van der Waals surface area contributed by atoms with Gasteiger partial charge >= 0.3 is 6.03 Å². The van der Waals surface area contributed by atoms with E-state index in [1.807, 2.05) is 0 Å². The number of carbonyl (C=O) groups is 3. The van der Waals surface area contributed by atoms with Gasteiger partial charge in [0.05, 0.1) is 6.54 Å². The lowest BCUT2D eigenvalue weighted by Crippen LogP contribution is -2.48. The zero-order valence-corrected chi connectivity index (χ0v) is 15.0. The second-order valence-electron chi connectivity index (χ2n) is 8.23. The van der Waals surface area contributed by atoms with Crippen LogP contribution in [0.2, 0.25) is 0 Å². The van der Waals surface area contributed by atoms with E-state index in [1.54, 1.807) is 0 Å². The summed E-state index contributed by atoms with van der Waals surface area (Å²) in [7, 11) is 1.53. The molecule has 0 radical (unpaired) electrons. The van der Waals surface area contributed by atoms with Crippen LogP contribution in [0.4, 0.5) is 4.79 Å². The van der Waals surface area contributed by atoms with Crippen molar-refractivity contribution < 1.29 is 14.4 Å². The number of nitrogens with one attached hydrogen (secondary N) is 4. The Morgan fingerprint density at radius 2 is 1.40 bits per heavy atom. The summed E-state index contributed by atoms with van der Waals surface area (Å²) >= 11 is 0. The number of rotatable bonds is 7. The highest BCUT2D eigenvalue weighted by molar-refractivity contribution is 5.85. The average Bonchev–Trinajstić information content (AvgIpc) is 2.55. The molecule has 0 unspecified atom stereocenters. The van der Waals surface area contributed by atoms with Crippen LogP contribution < -0.4 is 21.3 Å². The van der Waals surface area contributed by atoms with Crippen molar-refractivity contribution in [2.24, 2.45) is 23.2 Å². The van der Waals surface area contributed by atoms with Crippen molar-refractivity contribution in [3.8, 4) is 0 Å². The van der Waals surface area contributed by atoms with Crippen LogP contribution in [0.3, 0.4) is 0 Å². The predicted molar refractivity (Wildman–Crippen MR) is 93.7 cm³/mol. The van der Waals surface area contributed by atoms with E-state index < -0.39 is 0 Å². The van der Waals surface area contributed by atoms with Crippen LogP contribution in [0.5, 0.6) is 0 Å². The standard InChI is InChI=1S/C18H30N4O3/c1-19-17(25)21-3-2-20-16(24)11-22-15(23)10-18-7-12-4-13(8-18)6-14(5-12)9-18/h12-14H,2-11H2,1H3,(H,20,24)(H,22,23)(H2,19,21,25). The van der Waals surface area contributed by atoms with Gasteiger partial charge in [-0.3, -0.25) is 9.59 Å². The Morgan fingerprint density at radius 3 is 1.96 bits per heavy atom. The van der Waals surface area contributed by atoms with Crippen molar-refractivity contribution in [1.82, 2.24) is 21.3 Å². The molecule has 0 atom stereocenters. The van der Waals surface area contributed by atoms with Gasteiger partial charge in [0.1, 0.15) is 0 Å². The summed E-state index contributed by atoms with van der Waals surface area (Å²) in [5.41, 5.74) is 0.201. The molecular formula is C18H30N4O3. The maximum absolute atomic E-state index is 12.3. The van der Waals surface area contributed by atoms with Gasteiger partial charge in [0, 0.05) is 26.6 Å². The molecule has 7 heteroatoms. The first-order chi connectivity index (χ1) is 12.0. The van der Waals surface area contributed by atoms with E-state index in [9.17, 15) is 14.4 Å². The second-order valence-corrected chi connectivity index (χ2v) is 8.23. The van der Waals surface area contributed by atoms with Crippen molar-refractivity contribution in [3.63, 3.8) is 0 Å². The molecule has 0 aliphatic heterocycles. The molecule has 4 saturated carbocycles. The van der Waals surface area contributed by atoms with Crippen molar-refractivity contribution >= 4 is 17.8 Å². The fourth-order valence-corrected chi connectivity index (χ4v) is 5.62. The van der Waals surface area contributed by atoms with Gasteiger partial charge in [-0.05, 0) is 61.7 Å². The molecule has 4 bridgehead atoms. The molecule has 4 aliphatic carbocycles. The smallest absolute Gasteiger partial charge is 0.314 e. The molecular weight excluding hydrogens is 320 g/mol. The highest BCUT2D eigenvalue weighted by atomic mass is 16.2. The van der Waals surface area contributed by atoms with Gasteiger partial charge in [-0.15, -0.1) is 0 Å². The molecule has 4 N–H and O–H groups in total. The number of urea groups is 1. The number of amides is 4. The first-order valence-corrected chi connectivity index (χ1v) is 9.47. The minimum absolute atomic E-state index is 0.000542. The topological polar surface area (TPSA) is 99.3 Å². The fraction of sp³-hybridized carbons (Fsp3) is 0.833. The second kappa shape index (κ2) is 7.62. The van der Waals surface area contributed by atoms with Gasteiger partial charge in [-0.25, -0.2) is 4.79 Å². The van der Waals surface area contributed by atoms with E-state index in [4.69, 9.17) is 0 Å². The molecule has 0 spiro atoms. The zero-order valence-electron chi connectivity index (χ0n) is 15.0. The SMILES string of the molecule is CNC(=O)NCCNC(=O)CNC(=O)CC12CC3CC(CC(C3)C1)C2. The van der Waals surface area contributed by atoms with Gasteiger partial charge in [0.15, 0.2) is 0 Å².